The van der Waals surface area contributed by atoms with Gasteiger partial charge in [-0.05, 0) is 56.9 Å². The molecular formula is C16H11Br2ClS. The number of hydrogen-bond donors (Lipinski definition) is 0. The van der Waals surface area contributed by atoms with Gasteiger partial charge in [0.25, 0.3) is 0 Å². The molecule has 0 spiro atoms. The maximum absolute atomic E-state index is 6.74. The third-order valence-electron chi connectivity index (χ3n) is 3.28. The number of thiophene rings is 1. The van der Waals surface area contributed by atoms with E-state index in [4.69, 9.17) is 11.6 Å². The summed E-state index contributed by atoms with van der Waals surface area (Å²) in [7, 11) is 0. The second kappa shape index (κ2) is 5.80. The van der Waals surface area contributed by atoms with E-state index in [2.05, 4.69) is 80.6 Å². The van der Waals surface area contributed by atoms with Gasteiger partial charge in [0, 0.05) is 13.6 Å². The number of hydrogen-bond acceptors (Lipinski definition) is 1. The van der Waals surface area contributed by atoms with Crippen molar-refractivity contribution < 1.29 is 0 Å². The molecule has 0 radical (unpaired) electrons. The Kier molecular flexibility index (Phi) is 4.23. The molecule has 1 unspecified atom stereocenters. The van der Waals surface area contributed by atoms with E-state index in [9.17, 15) is 0 Å². The van der Waals surface area contributed by atoms with Crippen LogP contribution in [0.2, 0.25) is 0 Å². The molecule has 20 heavy (non-hydrogen) atoms. The van der Waals surface area contributed by atoms with Crippen molar-refractivity contribution >= 4 is 64.9 Å². The molecule has 0 saturated carbocycles. The molecule has 0 aliphatic rings. The fourth-order valence-electron chi connectivity index (χ4n) is 2.26. The number of alkyl halides is 1. The normalized spacial score (nSPS) is 12.8. The van der Waals surface area contributed by atoms with Gasteiger partial charge in [0.15, 0.2) is 0 Å². The first-order valence-corrected chi connectivity index (χ1v) is 9.04. The average Bonchev–Trinajstić information content (AvgIpc) is 2.86. The molecule has 0 aliphatic carbocycles. The molecule has 0 saturated heterocycles. The number of aryl methyl sites for hydroxylation is 1. The molecule has 0 aliphatic heterocycles. The third-order valence-corrected chi connectivity index (χ3v) is 6.44. The fraction of sp³-hybridized carbons (Fsp3) is 0.125. The van der Waals surface area contributed by atoms with E-state index < -0.39 is 0 Å². The van der Waals surface area contributed by atoms with E-state index in [-0.39, 0.29) is 5.38 Å². The maximum Gasteiger partial charge on any atom is 0.0860 e. The topological polar surface area (TPSA) is 0 Å². The lowest BCUT2D eigenvalue weighted by molar-refractivity contribution is 1.14. The standard InChI is InChI=1S/C16H11Br2ClS/c1-9-5-6-13(17)11(7-9)15(19)12-8-20-16-10(12)3-2-4-14(16)18/h2-8,15H,1H3. The van der Waals surface area contributed by atoms with Crippen LogP contribution < -0.4 is 0 Å². The molecule has 1 aromatic heterocycles. The van der Waals surface area contributed by atoms with Crippen LogP contribution in [-0.2, 0) is 0 Å². The molecule has 102 valence electrons. The van der Waals surface area contributed by atoms with Crippen molar-refractivity contribution in [3.05, 3.63) is 67.4 Å². The molecule has 4 heteroatoms. The van der Waals surface area contributed by atoms with Crippen molar-refractivity contribution in [2.45, 2.75) is 12.3 Å². The second-order valence-corrected chi connectivity index (χ2v) is 7.72. The van der Waals surface area contributed by atoms with Gasteiger partial charge in [-0.15, -0.1) is 22.9 Å². The Morgan fingerprint density at radius 3 is 2.65 bits per heavy atom. The van der Waals surface area contributed by atoms with Gasteiger partial charge < -0.3 is 0 Å². The molecule has 1 heterocycles. The molecule has 0 bridgehead atoms. The fourth-order valence-corrected chi connectivity index (χ4v) is 4.95. The monoisotopic (exact) mass is 428 g/mol. The highest BCUT2D eigenvalue weighted by Crippen LogP contribution is 2.41. The number of halogens is 3. The maximum atomic E-state index is 6.74. The minimum absolute atomic E-state index is 0.146. The van der Waals surface area contributed by atoms with Crippen molar-refractivity contribution in [1.29, 1.82) is 0 Å². The summed E-state index contributed by atoms with van der Waals surface area (Å²) in [6, 6.07) is 12.5. The predicted molar refractivity (Wildman–Crippen MR) is 96.1 cm³/mol. The van der Waals surface area contributed by atoms with Crippen LogP contribution in [0.1, 0.15) is 22.1 Å². The molecule has 2 aromatic carbocycles. The summed E-state index contributed by atoms with van der Waals surface area (Å²) in [5.74, 6) is 0. The highest BCUT2D eigenvalue weighted by molar-refractivity contribution is 9.11. The zero-order valence-electron chi connectivity index (χ0n) is 10.7. The molecule has 0 nitrogen and oxygen atoms in total. The molecule has 1 atom stereocenters. The Bertz CT molecular complexity index is 779. The van der Waals surface area contributed by atoms with E-state index in [1.165, 1.54) is 21.2 Å². The van der Waals surface area contributed by atoms with Gasteiger partial charge in [-0.1, -0.05) is 45.8 Å². The summed E-state index contributed by atoms with van der Waals surface area (Å²) < 4.78 is 3.42. The van der Waals surface area contributed by atoms with Gasteiger partial charge in [0.2, 0.25) is 0 Å². The van der Waals surface area contributed by atoms with E-state index in [0.29, 0.717) is 0 Å². The van der Waals surface area contributed by atoms with Gasteiger partial charge in [0.1, 0.15) is 0 Å². The summed E-state index contributed by atoms with van der Waals surface area (Å²) >= 11 is 15.7. The summed E-state index contributed by atoms with van der Waals surface area (Å²) in [5.41, 5.74) is 3.50. The number of benzene rings is 2. The first kappa shape index (κ1) is 14.6. The highest BCUT2D eigenvalue weighted by atomic mass is 79.9. The van der Waals surface area contributed by atoms with Crippen LogP contribution in [-0.4, -0.2) is 0 Å². The Labute approximate surface area is 144 Å². The summed E-state index contributed by atoms with van der Waals surface area (Å²) in [6.07, 6.45) is 0. The largest absolute Gasteiger partial charge is 0.142 e. The summed E-state index contributed by atoms with van der Waals surface area (Å²) in [5, 5.41) is 3.23. The van der Waals surface area contributed by atoms with Gasteiger partial charge in [0.05, 0.1) is 5.38 Å². The lowest BCUT2D eigenvalue weighted by atomic mass is 10.0. The van der Waals surface area contributed by atoms with Gasteiger partial charge in [-0.25, -0.2) is 0 Å². The predicted octanol–water partition coefficient (Wildman–Crippen LogP) is 7.06. The SMILES string of the molecule is Cc1ccc(Br)c(C(Cl)c2csc3c(Br)cccc23)c1. The lowest BCUT2D eigenvalue weighted by Gasteiger charge is -2.12. The van der Waals surface area contributed by atoms with Crippen molar-refractivity contribution in [2.24, 2.45) is 0 Å². The van der Waals surface area contributed by atoms with Gasteiger partial charge in [-0.3, -0.25) is 0 Å². The average molecular weight is 431 g/mol. The van der Waals surface area contributed by atoms with E-state index in [1.54, 1.807) is 11.3 Å². The van der Waals surface area contributed by atoms with Crippen molar-refractivity contribution in [3.63, 3.8) is 0 Å². The molecular weight excluding hydrogens is 420 g/mol. The zero-order valence-corrected chi connectivity index (χ0v) is 15.4. The van der Waals surface area contributed by atoms with Crippen molar-refractivity contribution in [3.8, 4) is 0 Å². The molecule has 0 fully saturated rings. The van der Waals surface area contributed by atoms with Crippen LogP contribution >= 0.6 is 54.8 Å². The quantitative estimate of drug-likeness (QED) is 0.382. The molecule has 3 rings (SSSR count). The molecule has 3 aromatic rings. The van der Waals surface area contributed by atoms with E-state index in [0.717, 1.165) is 14.5 Å². The Morgan fingerprint density at radius 1 is 1.05 bits per heavy atom. The zero-order chi connectivity index (χ0) is 14.3. The summed E-state index contributed by atoms with van der Waals surface area (Å²) in [4.78, 5) is 0. The minimum Gasteiger partial charge on any atom is -0.142 e. The molecule has 0 amide bonds. The highest BCUT2D eigenvalue weighted by Gasteiger charge is 2.18. The van der Waals surface area contributed by atoms with Crippen LogP contribution in [0, 0.1) is 6.92 Å². The van der Waals surface area contributed by atoms with Crippen LogP contribution in [0.15, 0.2) is 50.7 Å². The third kappa shape index (κ3) is 2.57. The first-order valence-electron chi connectivity index (χ1n) is 6.13. The van der Waals surface area contributed by atoms with E-state index in [1.807, 2.05) is 0 Å². The van der Waals surface area contributed by atoms with E-state index >= 15 is 0 Å². The first-order chi connectivity index (χ1) is 9.58. The summed E-state index contributed by atoms with van der Waals surface area (Å²) in [6.45, 7) is 2.09. The Hall–Kier alpha value is -0.350. The molecule has 0 N–H and O–H groups in total. The van der Waals surface area contributed by atoms with Gasteiger partial charge in [-0.2, -0.15) is 0 Å². The second-order valence-electron chi connectivity index (χ2n) is 4.70. The van der Waals surface area contributed by atoms with Gasteiger partial charge >= 0.3 is 0 Å². The van der Waals surface area contributed by atoms with Crippen molar-refractivity contribution in [2.75, 3.05) is 0 Å². The number of rotatable bonds is 2. The van der Waals surface area contributed by atoms with Crippen LogP contribution in [0.3, 0.4) is 0 Å². The minimum atomic E-state index is -0.146. The number of fused-ring (bicyclic) bond motifs is 1. The van der Waals surface area contributed by atoms with Crippen molar-refractivity contribution in [1.82, 2.24) is 0 Å². The van der Waals surface area contributed by atoms with Crippen LogP contribution in [0.25, 0.3) is 10.1 Å². The lowest BCUT2D eigenvalue weighted by Crippen LogP contribution is -1.94. The Morgan fingerprint density at radius 2 is 1.85 bits per heavy atom. The Balaban J connectivity index is 2.15. The van der Waals surface area contributed by atoms with Crippen LogP contribution in [0.4, 0.5) is 0 Å². The van der Waals surface area contributed by atoms with Crippen LogP contribution in [0.5, 0.6) is 0 Å². The smallest absolute Gasteiger partial charge is 0.0860 e.